The van der Waals surface area contributed by atoms with Crippen LogP contribution in [0.15, 0.2) is 42.5 Å². The fraction of sp³-hybridized carbons (Fsp3) is 0. The molecule has 0 aliphatic heterocycles. The molecule has 0 radical (unpaired) electrons. The van der Waals surface area contributed by atoms with E-state index in [1.54, 1.807) is 6.07 Å². The highest BCUT2D eigenvalue weighted by atomic mass is 16.3. The van der Waals surface area contributed by atoms with Crippen molar-refractivity contribution in [2.75, 3.05) is 0 Å². The third-order valence-corrected chi connectivity index (χ3v) is 1.77. The maximum absolute atomic E-state index is 9.37. The Balaban J connectivity index is 0.000000293. The Labute approximate surface area is 80.8 Å². The molecule has 0 saturated carbocycles. The molecule has 4 nitrogen and oxygen atoms in total. The summed E-state index contributed by atoms with van der Waals surface area (Å²) in [6, 6.07) is 13.3. The molecule has 0 aromatic heterocycles. The van der Waals surface area contributed by atoms with E-state index >= 15 is 0 Å². The Morgan fingerprint density at radius 2 is 1.50 bits per heavy atom. The molecule has 14 heavy (non-hydrogen) atoms. The van der Waals surface area contributed by atoms with Crippen LogP contribution in [0.25, 0.3) is 26.7 Å². The van der Waals surface area contributed by atoms with Crippen molar-refractivity contribution in [3.63, 3.8) is 0 Å². The Bertz CT molecular complexity index is 456. The van der Waals surface area contributed by atoms with Crippen molar-refractivity contribution in [2.45, 2.75) is 0 Å². The standard InChI is InChI=1S/C10H8O.N3/c11-10-7-3-5-8-4-1-2-6-9(8)10;1-3-2/h1-7,11H;/q;-1. The van der Waals surface area contributed by atoms with E-state index in [-0.39, 0.29) is 0 Å². The van der Waals surface area contributed by atoms with E-state index in [2.05, 4.69) is 0 Å². The molecule has 0 unspecified atom stereocenters. The van der Waals surface area contributed by atoms with Crippen LogP contribution >= 0.6 is 0 Å². The van der Waals surface area contributed by atoms with E-state index in [0.29, 0.717) is 5.75 Å². The molecule has 0 bridgehead atoms. The third kappa shape index (κ3) is 2.15. The summed E-state index contributed by atoms with van der Waals surface area (Å²) < 4.78 is 0. The molecule has 0 saturated heterocycles. The average molecular weight is 186 g/mol. The topological polar surface area (TPSA) is 78.9 Å². The predicted octanol–water partition coefficient (Wildman–Crippen LogP) is 3.41. The molecule has 2 aromatic carbocycles. The highest BCUT2D eigenvalue weighted by Crippen LogP contribution is 2.22. The largest absolute Gasteiger partial charge is 0.507 e. The Morgan fingerprint density at radius 3 is 2.14 bits per heavy atom. The first-order valence-corrected chi connectivity index (χ1v) is 3.94. The van der Waals surface area contributed by atoms with Crippen molar-refractivity contribution in [1.29, 1.82) is 0 Å². The van der Waals surface area contributed by atoms with E-state index in [4.69, 9.17) is 11.1 Å². The van der Waals surface area contributed by atoms with Gasteiger partial charge in [-0.1, -0.05) is 36.4 Å². The second kappa shape index (κ2) is 4.74. The molecule has 2 rings (SSSR count). The first-order chi connectivity index (χ1) is 6.79. The summed E-state index contributed by atoms with van der Waals surface area (Å²) >= 11 is 0. The second-order valence-corrected chi connectivity index (χ2v) is 2.59. The van der Waals surface area contributed by atoms with Gasteiger partial charge in [0.1, 0.15) is 5.75 Å². The zero-order valence-electron chi connectivity index (χ0n) is 7.33. The number of rotatable bonds is 0. The summed E-state index contributed by atoms with van der Waals surface area (Å²) in [6.45, 7) is 0. The predicted molar refractivity (Wildman–Crippen MR) is 55.7 cm³/mol. The third-order valence-electron chi connectivity index (χ3n) is 1.77. The second-order valence-electron chi connectivity index (χ2n) is 2.59. The molecule has 2 aromatic rings. The lowest BCUT2D eigenvalue weighted by molar-refractivity contribution is 0.481. The quantitative estimate of drug-likeness (QED) is 0.382. The minimum absolute atomic E-state index is 0.350. The number of hydrogen-bond donors (Lipinski definition) is 1. The van der Waals surface area contributed by atoms with Crippen LogP contribution in [0, 0.1) is 0 Å². The first kappa shape index (κ1) is 9.89. The Hall–Kier alpha value is -2.19. The van der Waals surface area contributed by atoms with E-state index in [0.717, 1.165) is 10.8 Å². The summed E-state index contributed by atoms with van der Waals surface area (Å²) in [5.41, 5.74) is 13.5. The number of benzene rings is 2. The Kier molecular flexibility index (Phi) is 3.35. The van der Waals surface area contributed by atoms with Gasteiger partial charge in [0.05, 0.1) is 0 Å². The zero-order chi connectivity index (χ0) is 10.4. The van der Waals surface area contributed by atoms with Crippen LogP contribution < -0.4 is 0 Å². The van der Waals surface area contributed by atoms with Gasteiger partial charge in [-0.25, -0.2) is 0 Å². The number of aromatic hydroxyl groups is 1. The SMILES string of the molecule is Oc1cccc2ccccc12.[N-]=[N+]=[N-]. The van der Waals surface area contributed by atoms with Crippen molar-refractivity contribution in [3.05, 3.63) is 58.4 Å². The zero-order valence-corrected chi connectivity index (χ0v) is 7.33. The van der Waals surface area contributed by atoms with Crippen LogP contribution in [0.2, 0.25) is 0 Å². The fourth-order valence-corrected chi connectivity index (χ4v) is 1.21. The normalized spacial score (nSPS) is 8.57. The number of fused-ring (bicyclic) bond motifs is 1. The number of phenols is 1. The summed E-state index contributed by atoms with van der Waals surface area (Å²) in [5, 5.41) is 11.4. The minimum Gasteiger partial charge on any atom is -0.507 e. The van der Waals surface area contributed by atoms with Crippen LogP contribution in [0.3, 0.4) is 0 Å². The monoisotopic (exact) mass is 186 g/mol. The van der Waals surface area contributed by atoms with Crippen molar-refractivity contribution in [2.24, 2.45) is 0 Å². The minimum atomic E-state index is 0.350. The highest BCUT2D eigenvalue weighted by molar-refractivity contribution is 5.87. The summed E-state index contributed by atoms with van der Waals surface area (Å²) in [7, 11) is 0. The smallest absolute Gasteiger partial charge is 0.123 e. The van der Waals surface area contributed by atoms with Gasteiger partial charge in [-0.2, -0.15) is 0 Å². The highest BCUT2D eigenvalue weighted by Gasteiger charge is 1.94. The summed E-state index contributed by atoms with van der Waals surface area (Å²) in [5.74, 6) is 0.350. The van der Waals surface area contributed by atoms with E-state index in [1.165, 1.54) is 4.91 Å². The molecule has 0 aliphatic rings. The molecule has 1 N–H and O–H groups in total. The van der Waals surface area contributed by atoms with Gasteiger partial charge in [0, 0.05) is 5.39 Å². The molecule has 0 atom stereocenters. The van der Waals surface area contributed by atoms with Crippen LogP contribution in [-0.4, -0.2) is 5.11 Å². The fourth-order valence-electron chi connectivity index (χ4n) is 1.21. The van der Waals surface area contributed by atoms with Gasteiger partial charge >= 0.3 is 0 Å². The van der Waals surface area contributed by atoms with Crippen LogP contribution in [0.4, 0.5) is 0 Å². The molecular weight excluding hydrogens is 178 g/mol. The molecular formula is C10H8N3O-. The van der Waals surface area contributed by atoms with E-state index in [1.807, 2.05) is 36.4 Å². The molecule has 70 valence electrons. The van der Waals surface area contributed by atoms with Crippen molar-refractivity contribution < 1.29 is 5.11 Å². The molecule has 4 heteroatoms. The van der Waals surface area contributed by atoms with Crippen molar-refractivity contribution >= 4 is 10.8 Å². The molecule has 0 amide bonds. The van der Waals surface area contributed by atoms with Crippen LogP contribution in [-0.2, 0) is 0 Å². The van der Waals surface area contributed by atoms with Crippen LogP contribution in [0.1, 0.15) is 0 Å². The van der Waals surface area contributed by atoms with E-state index in [9.17, 15) is 5.11 Å². The number of nitrogens with zero attached hydrogens (tertiary/aromatic N) is 3. The van der Waals surface area contributed by atoms with Gasteiger partial charge in [0.25, 0.3) is 0 Å². The molecule has 0 spiro atoms. The Morgan fingerprint density at radius 1 is 0.929 bits per heavy atom. The molecule has 0 heterocycles. The van der Waals surface area contributed by atoms with Gasteiger partial charge in [0.15, 0.2) is 0 Å². The summed E-state index contributed by atoms with van der Waals surface area (Å²) in [6.07, 6.45) is 0. The van der Waals surface area contributed by atoms with E-state index < -0.39 is 0 Å². The van der Waals surface area contributed by atoms with Gasteiger partial charge < -0.3 is 16.2 Å². The van der Waals surface area contributed by atoms with Gasteiger partial charge in [-0.05, 0) is 11.5 Å². The average Bonchev–Trinajstić information content (AvgIpc) is 2.20. The van der Waals surface area contributed by atoms with Crippen LogP contribution in [0.5, 0.6) is 5.75 Å². The summed E-state index contributed by atoms with van der Waals surface area (Å²) in [4.78, 5) is 1.50. The lowest BCUT2D eigenvalue weighted by Gasteiger charge is -1.97. The van der Waals surface area contributed by atoms with Gasteiger partial charge in [-0.3, -0.25) is 4.91 Å². The molecule has 0 fully saturated rings. The maximum Gasteiger partial charge on any atom is 0.123 e. The number of hydrogen-bond acceptors (Lipinski definition) is 1. The van der Waals surface area contributed by atoms with Gasteiger partial charge in [-0.15, -0.1) is 0 Å². The van der Waals surface area contributed by atoms with Gasteiger partial charge in [0.2, 0.25) is 0 Å². The lowest BCUT2D eigenvalue weighted by atomic mass is 10.1. The first-order valence-electron chi connectivity index (χ1n) is 3.94. The van der Waals surface area contributed by atoms with Crippen molar-refractivity contribution in [3.8, 4) is 5.75 Å². The lowest BCUT2D eigenvalue weighted by Crippen LogP contribution is -1.70. The maximum atomic E-state index is 9.37. The number of phenolic OH excluding ortho intramolecular Hbond substituents is 1. The molecule has 0 aliphatic carbocycles. The van der Waals surface area contributed by atoms with Crippen molar-refractivity contribution in [1.82, 2.24) is 0 Å².